The zero-order valence-electron chi connectivity index (χ0n) is 15.5. The molecule has 1 N–H and O–H groups in total. The lowest BCUT2D eigenvalue weighted by Gasteiger charge is -2.30. The van der Waals surface area contributed by atoms with Gasteiger partial charge in [0.15, 0.2) is 6.61 Å². The third-order valence-corrected chi connectivity index (χ3v) is 7.38. The summed E-state index contributed by atoms with van der Waals surface area (Å²) in [7, 11) is -3.79. The van der Waals surface area contributed by atoms with Gasteiger partial charge >= 0.3 is 5.97 Å². The van der Waals surface area contributed by atoms with Gasteiger partial charge in [0.2, 0.25) is 0 Å². The highest BCUT2D eigenvalue weighted by Gasteiger charge is 2.23. The lowest BCUT2D eigenvalue weighted by atomic mass is 9.99. The van der Waals surface area contributed by atoms with Crippen LogP contribution < -0.4 is 4.72 Å². The first kappa shape index (κ1) is 20.3. The third kappa shape index (κ3) is 4.90. The number of sulfonamides is 1. The largest absolute Gasteiger partial charge is 0.452 e. The van der Waals surface area contributed by atoms with Crippen LogP contribution in [0.2, 0.25) is 0 Å². The molecule has 1 amide bonds. The van der Waals surface area contributed by atoms with Crippen LogP contribution in [0, 0.1) is 5.92 Å². The van der Waals surface area contributed by atoms with Gasteiger partial charge in [-0.25, -0.2) is 13.2 Å². The standard InChI is InChI=1S/C19H22N2O5S2/c1-14-8-10-21(11-9-14)17(22)13-26-19(23)15-5-2-3-6-16(15)20-28(24,25)18-7-4-12-27-18/h2-7,12,14,20H,8-11,13H2,1H3. The number of nitrogens with zero attached hydrogens (tertiary/aromatic N) is 1. The summed E-state index contributed by atoms with van der Waals surface area (Å²) in [6, 6.07) is 9.27. The maximum Gasteiger partial charge on any atom is 0.340 e. The molecule has 0 radical (unpaired) electrons. The van der Waals surface area contributed by atoms with E-state index in [0.29, 0.717) is 19.0 Å². The molecule has 28 heavy (non-hydrogen) atoms. The first-order valence-corrected chi connectivity index (χ1v) is 11.3. The van der Waals surface area contributed by atoms with Gasteiger partial charge in [-0.3, -0.25) is 9.52 Å². The van der Waals surface area contributed by atoms with Crippen LogP contribution >= 0.6 is 11.3 Å². The fourth-order valence-electron chi connectivity index (χ4n) is 2.92. The van der Waals surface area contributed by atoms with Gasteiger partial charge in [-0.1, -0.05) is 25.1 Å². The highest BCUT2D eigenvalue weighted by Crippen LogP contribution is 2.23. The van der Waals surface area contributed by atoms with Crippen molar-refractivity contribution in [1.82, 2.24) is 4.90 Å². The summed E-state index contributed by atoms with van der Waals surface area (Å²) in [4.78, 5) is 26.4. The van der Waals surface area contributed by atoms with Crippen molar-refractivity contribution in [3.05, 3.63) is 47.3 Å². The lowest BCUT2D eigenvalue weighted by molar-refractivity contribution is -0.135. The number of esters is 1. The number of hydrogen-bond acceptors (Lipinski definition) is 6. The molecule has 0 bridgehead atoms. The van der Waals surface area contributed by atoms with Crippen molar-refractivity contribution >= 4 is 38.9 Å². The highest BCUT2D eigenvalue weighted by atomic mass is 32.2. The molecule has 0 saturated carbocycles. The summed E-state index contributed by atoms with van der Waals surface area (Å²) in [5.41, 5.74) is 0.169. The fourth-order valence-corrected chi connectivity index (χ4v) is 4.99. The number of thiophene rings is 1. The van der Waals surface area contributed by atoms with Crippen molar-refractivity contribution in [1.29, 1.82) is 0 Å². The van der Waals surface area contributed by atoms with E-state index in [9.17, 15) is 18.0 Å². The van der Waals surface area contributed by atoms with Crippen LogP contribution in [-0.4, -0.2) is 44.9 Å². The summed E-state index contributed by atoms with van der Waals surface area (Å²) in [6.45, 7) is 3.11. The normalized spacial score (nSPS) is 15.2. The van der Waals surface area contributed by atoms with E-state index >= 15 is 0 Å². The molecule has 7 nitrogen and oxygen atoms in total. The van der Waals surface area contributed by atoms with Crippen molar-refractivity contribution in [2.24, 2.45) is 5.92 Å². The summed E-state index contributed by atoms with van der Waals surface area (Å²) in [6.07, 6.45) is 1.88. The van der Waals surface area contributed by atoms with Crippen LogP contribution in [0.4, 0.5) is 5.69 Å². The average molecular weight is 423 g/mol. The van der Waals surface area contributed by atoms with Gasteiger partial charge in [-0.2, -0.15) is 0 Å². The second kappa shape index (κ2) is 8.74. The monoisotopic (exact) mass is 422 g/mol. The second-order valence-electron chi connectivity index (χ2n) is 6.72. The zero-order valence-corrected chi connectivity index (χ0v) is 17.1. The number of hydrogen-bond donors (Lipinski definition) is 1. The van der Waals surface area contributed by atoms with Gasteiger partial charge in [-0.05, 0) is 42.3 Å². The number of anilines is 1. The summed E-state index contributed by atoms with van der Waals surface area (Å²) < 4.78 is 32.6. The minimum atomic E-state index is -3.79. The topological polar surface area (TPSA) is 92.8 Å². The van der Waals surface area contributed by atoms with E-state index in [1.807, 2.05) is 0 Å². The smallest absolute Gasteiger partial charge is 0.340 e. The third-order valence-electron chi connectivity index (χ3n) is 4.61. The second-order valence-corrected chi connectivity index (χ2v) is 9.58. The predicted molar refractivity (Wildman–Crippen MR) is 107 cm³/mol. The lowest BCUT2D eigenvalue weighted by Crippen LogP contribution is -2.40. The van der Waals surface area contributed by atoms with E-state index in [2.05, 4.69) is 11.6 Å². The maximum absolute atomic E-state index is 12.5. The molecule has 3 rings (SSSR count). The fraction of sp³-hybridized carbons (Fsp3) is 0.368. The maximum atomic E-state index is 12.5. The molecule has 1 saturated heterocycles. The number of ether oxygens (including phenoxy) is 1. The van der Waals surface area contributed by atoms with Crippen LogP contribution in [0.1, 0.15) is 30.1 Å². The van der Waals surface area contributed by atoms with Crippen LogP contribution in [0.3, 0.4) is 0 Å². The number of para-hydroxylation sites is 1. The molecule has 9 heteroatoms. The Balaban J connectivity index is 1.65. The molecule has 0 unspecified atom stereocenters. The van der Waals surface area contributed by atoms with Crippen molar-refractivity contribution in [2.75, 3.05) is 24.4 Å². The number of benzene rings is 1. The summed E-state index contributed by atoms with van der Waals surface area (Å²) in [5.74, 6) is -0.394. The van der Waals surface area contributed by atoms with E-state index in [4.69, 9.17) is 4.74 Å². The molecule has 1 fully saturated rings. The molecule has 1 aromatic carbocycles. The van der Waals surface area contributed by atoms with Crippen LogP contribution in [-0.2, 0) is 19.6 Å². The van der Waals surface area contributed by atoms with E-state index < -0.39 is 16.0 Å². The van der Waals surface area contributed by atoms with Crippen LogP contribution in [0.15, 0.2) is 46.0 Å². The molecular weight excluding hydrogens is 400 g/mol. The Labute approximate surface area is 168 Å². The molecule has 1 aliphatic heterocycles. The molecule has 0 aliphatic carbocycles. The average Bonchev–Trinajstić information content (AvgIpc) is 3.22. The molecule has 0 spiro atoms. The number of piperidine rings is 1. The quantitative estimate of drug-likeness (QED) is 0.723. The van der Waals surface area contributed by atoms with Crippen molar-refractivity contribution in [3.63, 3.8) is 0 Å². The Morgan fingerprint density at radius 2 is 1.89 bits per heavy atom. The summed E-state index contributed by atoms with van der Waals surface area (Å²) >= 11 is 1.08. The Morgan fingerprint density at radius 3 is 2.57 bits per heavy atom. The number of amides is 1. The first-order valence-electron chi connectivity index (χ1n) is 8.97. The zero-order chi connectivity index (χ0) is 20.1. The van der Waals surface area contributed by atoms with Gasteiger partial charge in [0.05, 0.1) is 11.3 Å². The minimum absolute atomic E-state index is 0.0581. The Kier molecular flexibility index (Phi) is 6.35. The van der Waals surface area contributed by atoms with Crippen LogP contribution in [0.25, 0.3) is 0 Å². The molecule has 2 heterocycles. The van der Waals surface area contributed by atoms with E-state index in [1.54, 1.807) is 28.5 Å². The number of nitrogens with one attached hydrogen (secondary N) is 1. The van der Waals surface area contributed by atoms with Gasteiger partial charge in [-0.15, -0.1) is 11.3 Å². The van der Waals surface area contributed by atoms with Gasteiger partial charge < -0.3 is 9.64 Å². The Hall–Kier alpha value is -2.39. The van der Waals surface area contributed by atoms with Gasteiger partial charge in [0.1, 0.15) is 4.21 Å². The predicted octanol–water partition coefficient (Wildman–Crippen LogP) is 2.96. The molecule has 0 atom stereocenters. The molecule has 1 aliphatic rings. The SMILES string of the molecule is CC1CCN(C(=O)COC(=O)c2ccccc2NS(=O)(=O)c2cccs2)CC1. The van der Waals surface area contributed by atoms with E-state index in [-0.39, 0.29) is 28.0 Å². The van der Waals surface area contributed by atoms with E-state index in [1.165, 1.54) is 18.2 Å². The van der Waals surface area contributed by atoms with Gasteiger partial charge in [0.25, 0.3) is 15.9 Å². The summed E-state index contributed by atoms with van der Waals surface area (Å²) in [5, 5.41) is 1.65. The Bertz CT molecular complexity index is 933. The minimum Gasteiger partial charge on any atom is -0.452 e. The van der Waals surface area contributed by atoms with Crippen LogP contribution in [0.5, 0.6) is 0 Å². The number of carbonyl (C=O) groups is 2. The molecule has 1 aromatic heterocycles. The number of likely N-dealkylation sites (tertiary alicyclic amines) is 1. The van der Waals surface area contributed by atoms with Crippen molar-refractivity contribution < 1.29 is 22.7 Å². The first-order chi connectivity index (χ1) is 13.4. The molecule has 2 aromatic rings. The van der Waals surface area contributed by atoms with Crippen molar-refractivity contribution in [2.45, 2.75) is 24.0 Å². The number of rotatable bonds is 6. The Morgan fingerprint density at radius 1 is 1.18 bits per heavy atom. The van der Waals surface area contributed by atoms with Crippen molar-refractivity contribution in [3.8, 4) is 0 Å². The van der Waals surface area contributed by atoms with E-state index in [0.717, 1.165) is 24.2 Å². The molecular formula is C19H22N2O5S2. The highest BCUT2D eigenvalue weighted by molar-refractivity contribution is 7.94. The van der Waals surface area contributed by atoms with Gasteiger partial charge in [0, 0.05) is 13.1 Å². The molecule has 150 valence electrons. The number of carbonyl (C=O) groups excluding carboxylic acids is 2.